The summed E-state index contributed by atoms with van der Waals surface area (Å²) in [4.78, 5) is 19.7. The van der Waals surface area contributed by atoms with Crippen LogP contribution in [0.4, 0.5) is 17.1 Å². The smallest absolute Gasteiger partial charge is 0.172 e. The Bertz CT molecular complexity index is 1700. The van der Waals surface area contributed by atoms with Crippen molar-refractivity contribution in [3.05, 3.63) is 59.5 Å². The second-order valence-electron chi connectivity index (χ2n) is 12.2. The molecule has 2 aromatic carbocycles. The highest BCUT2D eigenvalue weighted by Crippen LogP contribution is 2.40. The molecule has 0 spiro atoms. The van der Waals surface area contributed by atoms with Gasteiger partial charge in [0.1, 0.15) is 11.8 Å². The number of imidazole rings is 1. The van der Waals surface area contributed by atoms with E-state index in [1.165, 1.54) is 11.8 Å². The quantitative estimate of drug-likeness (QED) is 0.219. The van der Waals surface area contributed by atoms with Crippen LogP contribution in [0.1, 0.15) is 18.4 Å². The number of anilines is 3. The van der Waals surface area contributed by atoms with Gasteiger partial charge >= 0.3 is 0 Å². The molecule has 2 aliphatic heterocycles. The number of hydrogen-bond donors (Lipinski definition) is 1. The Morgan fingerprint density at radius 3 is 2.54 bits per heavy atom. The zero-order valence-corrected chi connectivity index (χ0v) is 28.4. The van der Waals surface area contributed by atoms with Crippen LogP contribution in [-0.2, 0) is 7.05 Å². The molecule has 46 heavy (non-hydrogen) atoms. The molecule has 2 aromatic heterocycles. The highest BCUT2D eigenvalue weighted by Gasteiger charge is 2.21. The lowest BCUT2D eigenvalue weighted by Gasteiger charge is -2.32. The number of fused-ring (bicyclic) bond motifs is 1. The predicted octanol–water partition coefficient (Wildman–Crippen LogP) is 5.55. The van der Waals surface area contributed by atoms with E-state index in [-0.39, 0.29) is 0 Å². The van der Waals surface area contributed by atoms with E-state index in [2.05, 4.69) is 62.2 Å². The van der Waals surface area contributed by atoms with E-state index in [4.69, 9.17) is 21.3 Å². The van der Waals surface area contributed by atoms with E-state index >= 15 is 0 Å². The van der Waals surface area contributed by atoms with E-state index in [1.54, 1.807) is 12.4 Å². The van der Waals surface area contributed by atoms with Crippen molar-refractivity contribution < 1.29 is 4.74 Å². The fraction of sp³-hybridized carbons (Fsp3) is 0.441. The number of ether oxygens (including phenoxy) is 1. The van der Waals surface area contributed by atoms with E-state index < -0.39 is 0 Å². The first-order valence-electron chi connectivity index (χ1n) is 15.9. The van der Waals surface area contributed by atoms with Crippen LogP contribution in [0.5, 0.6) is 5.75 Å². The number of nitriles is 1. The Kier molecular flexibility index (Phi) is 10.5. The van der Waals surface area contributed by atoms with E-state index in [1.807, 2.05) is 36.0 Å². The molecular weight excluding hydrogens is 618 g/mol. The fourth-order valence-corrected chi connectivity index (χ4v) is 7.08. The number of aromatic nitrogens is 3. The lowest BCUT2D eigenvalue weighted by atomic mass is 10.1. The molecule has 4 aromatic rings. The molecule has 0 amide bonds. The number of aryl methyl sites for hydroxylation is 1. The van der Waals surface area contributed by atoms with Crippen molar-refractivity contribution in [2.24, 2.45) is 7.05 Å². The summed E-state index contributed by atoms with van der Waals surface area (Å²) in [5.74, 6) is 0.829. The van der Waals surface area contributed by atoms with Gasteiger partial charge in [-0.2, -0.15) is 5.26 Å². The topological polar surface area (TPSA) is 88.7 Å². The highest BCUT2D eigenvalue weighted by molar-refractivity contribution is 7.99. The number of pyridine rings is 1. The van der Waals surface area contributed by atoms with Crippen LogP contribution in [0.3, 0.4) is 0 Å². The van der Waals surface area contributed by atoms with Crippen LogP contribution in [0.15, 0.2) is 59.0 Å². The van der Waals surface area contributed by atoms with Gasteiger partial charge in [-0.25, -0.2) is 4.98 Å². The maximum absolute atomic E-state index is 10.1. The third-order valence-corrected chi connectivity index (χ3v) is 10.4. The molecule has 2 fully saturated rings. The van der Waals surface area contributed by atoms with E-state index in [0.29, 0.717) is 22.9 Å². The minimum atomic E-state index is 0.459. The second-order valence-corrected chi connectivity index (χ2v) is 13.6. The monoisotopic (exact) mass is 659 g/mol. The van der Waals surface area contributed by atoms with Gasteiger partial charge < -0.3 is 34.2 Å². The molecule has 0 bridgehead atoms. The van der Waals surface area contributed by atoms with Crippen LogP contribution >= 0.6 is 23.4 Å². The summed E-state index contributed by atoms with van der Waals surface area (Å²) >= 11 is 8.25. The molecule has 0 unspecified atom stereocenters. The van der Waals surface area contributed by atoms with Crippen molar-refractivity contribution in [3.63, 3.8) is 0 Å². The van der Waals surface area contributed by atoms with Gasteiger partial charge in [-0.05, 0) is 63.8 Å². The zero-order valence-electron chi connectivity index (χ0n) is 26.9. The number of likely N-dealkylation sites (N-methyl/N-ethyl adjacent to an activating group) is 2. The van der Waals surface area contributed by atoms with Crippen molar-refractivity contribution in [1.82, 2.24) is 29.2 Å². The van der Waals surface area contributed by atoms with Gasteiger partial charge in [-0.1, -0.05) is 23.4 Å². The third kappa shape index (κ3) is 7.70. The minimum absolute atomic E-state index is 0.459. The summed E-state index contributed by atoms with van der Waals surface area (Å²) in [7, 11) is 6.32. The first-order chi connectivity index (χ1) is 22.4. The Morgan fingerprint density at radius 1 is 0.978 bits per heavy atom. The highest BCUT2D eigenvalue weighted by atomic mass is 35.5. The van der Waals surface area contributed by atoms with Crippen molar-refractivity contribution in [1.29, 1.82) is 5.26 Å². The Balaban J connectivity index is 1.28. The number of benzene rings is 2. The normalized spacial score (nSPS) is 16.8. The standard InChI is InChI=1S/C34H42ClN9OS/c1-40-9-4-11-44(18-15-40)30-22-29-27(21-31(30)45-19-5-10-43-16-13-41(2)14-17-43)33(25(23-36)24-38-29)39-26-6-7-32(28(35)20-26)46-34-37-8-12-42(34)3/h6-8,12,20-22,24H,4-5,9-11,13-19H2,1-3H3,(H,38,39). The molecule has 12 heteroatoms. The van der Waals surface area contributed by atoms with Gasteiger partial charge in [0, 0.05) is 94.0 Å². The maximum Gasteiger partial charge on any atom is 0.172 e. The Labute approximate surface area is 280 Å². The predicted molar refractivity (Wildman–Crippen MR) is 187 cm³/mol. The molecule has 6 rings (SSSR count). The number of halogens is 1. The number of nitrogens with one attached hydrogen (secondary N) is 1. The average Bonchev–Trinajstić information content (AvgIpc) is 3.33. The van der Waals surface area contributed by atoms with Gasteiger partial charge in [0.2, 0.25) is 0 Å². The van der Waals surface area contributed by atoms with Crippen LogP contribution in [0, 0.1) is 11.3 Å². The average molecular weight is 660 g/mol. The van der Waals surface area contributed by atoms with Gasteiger partial charge in [0.05, 0.1) is 34.1 Å². The molecule has 242 valence electrons. The zero-order chi connectivity index (χ0) is 32.0. The lowest BCUT2D eigenvalue weighted by Crippen LogP contribution is -2.44. The largest absolute Gasteiger partial charge is 0.491 e. The molecule has 2 aliphatic rings. The van der Waals surface area contributed by atoms with Crippen molar-refractivity contribution in [2.75, 3.05) is 89.8 Å². The molecule has 10 nitrogen and oxygen atoms in total. The van der Waals surface area contributed by atoms with E-state index in [0.717, 1.165) is 110 Å². The van der Waals surface area contributed by atoms with Crippen molar-refractivity contribution >= 4 is 51.3 Å². The molecule has 0 radical (unpaired) electrons. The minimum Gasteiger partial charge on any atom is -0.491 e. The number of piperazine rings is 1. The first-order valence-corrected chi connectivity index (χ1v) is 17.1. The van der Waals surface area contributed by atoms with E-state index in [9.17, 15) is 5.26 Å². The summed E-state index contributed by atoms with van der Waals surface area (Å²) in [6.07, 6.45) is 7.36. The summed E-state index contributed by atoms with van der Waals surface area (Å²) in [5, 5.41) is 15.9. The molecule has 0 saturated carbocycles. The van der Waals surface area contributed by atoms with Crippen LogP contribution in [0.2, 0.25) is 5.02 Å². The summed E-state index contributed by atoms with van der Waals surface area (Å²) in [6, 6.07) is 12.4. The van der Waals surface area contributed by atoms with Crippen molar-refractivity contribution in [3.8, 4) is 11.8 Å². The lowest BCUT2D eigenvalue weighted by molar-refractivity contribution is 0.145. The van der Waals surface area contributed by atoms with Crippen molar-refractivity contribution in [2.45, 2.75) is 22.9 Å². The number of nitrogens with zero attached hydrogens (tertiary/aromatic N) is 8. The van der Waals surface area contributed by atoms with Gasteiger partial charge in [0.25, 0.3) is 0 Å². The summed E-state index contributed by atoms with van der Waals surface area (Å²) in [6.45, 7) is 10.0. The van der Waals surface area contributed by atoms with Gasteiger partial charge in [-0.15, -0.1) is 0 Å². The van der Waals surface area contributed by atoms with Gasteiger partial charge in [-0.3, -0.25) is 4.98 Å². The van der Waals surface area contributed by atoms with Gasteiger partial charge in [0.15, 0.2) is 5.16 Å². The third-order valence-electron chi connectivity index (χ3n) is 8.78. The summed E-state index contributed by atoms with van der Waals surface area (Å²) < 4.78 is 8.55. The Morgan fingerprint density at radius 2 is 1.78 bits per heavy atom. The first kappa shape index (κ1) is 32.4. The molecule has 0 aliphatic carbocycles. The summed E-state index contributed by atoms with van der Waals surface area (Å²) in [5.41, 5.74) is 3.81. The van der Waals surface area contributed by atoms with Crippen LogP contribution < -0.4 is 15.0 Å². The SMILES string of the molecule is CN1CCN(CCCOc2cc3c(Nc4ccc(Sc5nccn5C)c(Cl)c4)c(C#N)cnc3cc2N2CCCN(C)CC2)CC1. The number of hydrogen-bond acceptors (Lipinski definition) is 10. The second kappa shape index (κ2) is 14.9. The number of rotatable bonds is 10. The molecule has 0 atom stereocenters. The fourth-order valence-electron chi connectivity index (χ4n) is 5.97. The molecular formula is C34H42ClN9OS. The molecule has 1 N–H and O–H groups in total. The maximum atomic E-state index is 10.1. The Hall–Kier alpha value is -3.53. The van der Waals surface area contributed by atoms with Crippen LogP contribution in [0.25, 0.3) is 10.9 Å². The molecule has 4 heterocycles. The molecule has 2 saturated heterocycles. The van der Waals surface area contributed by atoms with Crippen LogP contribution in [-0.4, -0.2) is 109 Å².